The average Bonchev–Trinajstić information content (AvgIpc) is 2.69. The van der Waals surface area contributed by atoms with Crippen molar-refractivity contribution in [2.75, 3.05) is 18.0 Å². The van der Waals surface area contributed by atoms with Gasteiger partial charge in [-0.25, -0.2) is 4.39 Å². The molecule has 2 aromatic carbocycles. The maximum atomic E-state index is 13.6. The fraction of sp³-hybridized carbons (Fsp3) is 0.300. The molecule has 134 valence electrons. The van der Waals surface area contributed by atoms with Crippen molar-refractivity contribution in [2.24, 2.45) is 5.41 Å². The Morgan fingerprint density at radius 1 is 1.19 bits per heavy atom. The Hall–Kier alpha value is -2.36. The van der Waals surface area contributed by atoms with Crippen LogP contribution in [0.2, 0.25) is 5.02 Å². The summed E-state index contributed by atoms with van der Waals surface area (Å²) in [5, 5.41) is 9.04. The quantitative estimate of drug-likeness (QED) is 0.591. The third-order valence-corrected chi connectivity index (χ3v) is 5.94. The minimum atomic E-state index is -0.537. The summed E-state index contributed by atoms with van der Waals surface area (Å²) in [4.78, 5) is 16.6. The van der Waals surface area contributed by atoms with Crippen LogP contribution in [0.3, 0.4) is 0 Å². The van der Waals surface area contributed by atoms with Crippen molar-refractivity contribution in [3.8, 4) is 6.07 Å². The molecule has 0 bridgehead atoms. The van der Waals surface area contributed by atoms with Crippen LogP contribution in [0.1, 0.15) is 30.0 Å². The number of amides is 1. The number of carbonyl (C=O) groups is 1. The lowest BCUT2D eigenvalue weighted by molar-refractivity contribution is -0.143. The second-order valence-corrected chi connectivity index (χ2v) is 7.51. The molecule has 0 saturated carbocycles. The Bertz CT molecular complexity index is 935. The fourth-order valence-corrected chi connectivity index (χ4v) is 4.35. The maximum absolute atomic E-state index is 13.6. The molecule has 2 fully saturated rings. The Morgan fingerprint density at radius 2 is 1.85 bits per heavy atom. The molecular weight excluding hydrogens is 364 g/mol. The SMILES string of the molecule is [B]N1CCC2(CC1)C(=O)N(c1ccc(F)c(Cl)c1)C2c1ccc(C#N)cc1. The molecule has 1 amide bonds. The highest BCUT2D eigenvalue weighted by Gasteiger charge is 2.61. The van der Waals surface area contributed by atoms with Gasteiger partial charge < -0.3 is 9.71 Å². The molecule has 1 atom stereocenters. The Balaban J connectivity index is 1.77. The lowest BCUT2D eigenvalue weighted by Crippen LogP contribution is -2.66. The van der Waals surface area contributed by atoms with Crippen LogP contribution >= 0.6 is 11.6 Å². The summed E-state index contributed by atoms with van der Waals surface area (Å²) in [7, 11) is 5.90. The average molecular weight is 380 g/mol. The first-order chi connectivity index (χ1) is 13.0. The predicted molar refractivity (Wildman–Crippen MR) is 102 cm³/mol. The van der Waals surface area contributed by atoms with Crippen LogP contribution in [0, 0.1) is 22.6 Å². The molecule has 2 heterocycles. The topological polar surface area (TPSA) is 47.3 Å². The molecule has 2 aliphatic heterocycles. The minimum absolute atomic E-state index is 0.00707. The third-order valence-electron chi connectivity index (χ3n) is 5.65. The molecule has 27 heavy (non-hydrogen) atoms. The Morgan fingerprint density at radius 3 is 2.44 bits per heavy atom. The molecule has 1 spiro atoms. The van der Waals surface area contributed by atoms with Gasteiger partial charge in [-0.05, 0) is 61.8 Å². The first kappa shape index (κ1) is 18.0. The standard InChI is InChI=1S/C20H16BClFN3O/c21-25-9-7-20(8-10-25)18(14-3-1-13(12-24)2-4-14)26(19(20)27)15-5-6-17(23)16(22)11-15/h1-6,11,18H,7-10H2. The molecule has 2 radical (unpaired) electrons. The number of β-lactam (4-membered cyclic amide) rings is 1. The number of nitrogens with zero attached hydrogens (tertiary/aromatic N) is 3. The number of piperidine rings is 1. The molecule has 7 heteroatoms. The fourth-order valence-electron chi connectivity index (χ4n) is 4.17. The van der Waals surface area contributed by atoms with Crippen LogP contribution in [0.5, 0.6) is 0 Å². The zero-order chi connectivity index (χ0) is 19.2. The van der Waals surface area contributed by atoms with E-state index < -0.39 is 11.2 Å². The summed E-state index contributed by atoms with van der Waals surface area (Å²) >= 11 is 5.94. The van der Waals surface area contributed by atoms with E-state index >= 15 is 0 Å². The maximum Gasteiger partial charge on any atom is 0.236 e. The number of carbonyl (C=O) groups excluding carboxylic acids is 1. The van der Waals surface area contributed by atoms with Gasteiger partial charge in [0.15, 0.2) is 7.98 Å². The monoisotopic (exact) mass is 379 g/mol. The molecule has 4 rings (SSSR count). The smallest absolute Gasteiger partial charge is 0.236 e. The second kappa shape index (κ2) is 6.67. The van der Waals surface area contributed by atoms with Gasteiger partial charge in [0.25, 0.3) is 0 Å². The van der Waals surface area contributed by atoms with E-state index in [4.69, 9.17) is 24.8 Å². The summed E-state index contributed by atoms with van der Waals surface area (Å²) < 4.78 is 13.6. The second-order valence-electron chi connectivity index (χ2n) is 7.10. The van der Waals surface area contributed by atoms with E-state index in [9.17, 15) is 9.18 Å². The number of halogens is 2. The Kier molecular flexibility index (Phi) is 4.45. The number of rotatable bonds is 2. The summed E-state index contributed by atoms with van der Waals surface area (Å²) in [6.45, 7) is 1.27. The van der Waals surface area contributed by atoms with E-state index in [-0.39, 0.29) is 17.0 Å². The van der Waals surface area contributed by atoms with Gasteiger partial charge in [0.05, 0.1) is 28.1 Å². The summed E-state index contributed by atoms with van der Waals surface area (Å²) in [6.07, 6.45) is 1.30. The van der Waals surface area contributed by atoms with E-state index in [2.05, 4.69) is 6.07 Å². The third kappa shape index (κ3) is 2.82. The van der Waals surface area contributed by atoms with E-state index in [0.717, 1.165) is 5.56 Å². The number of nitriles is 1. The molecule has 0 aliphatic carbocycles. The summed E-state index contributed by atoms with van der Waals surface area (Å²) in [5.74, 6) is -0.512. The zero-order valence-corrected chi connectivity index (χ0v) is 15.3. The van der Waals surface area contributed by atoms with E-state index in [1.54, 1.807) is 27.9 Å². The van der Waals surface area contributed by atoms with Crippen molar-refractivity contribution in [2.45, 2.75) is 18.9 Å². The van der Waals surface area contributed by atoms with Gasteiger partial charge >= 0.3 is 0 Å². The first-order valence-corrected chi connectivity index (χ1v) is 9.12. The lowest BCUT2D eigenvalue weighted by atomic mass is 9.61. The van der Waals surface area contributed by atoms with Gasteiger partial charge in [0.2, 0.25) is 5.91 Å². The highest BCUT2D eigenvalue weighted by molar-refractivity contribution is 6.31. The molecule has 0 N–H and O–H groups in total. The van der Waals surface area contributed by atoms with Crippen LogP contribution in [-0.4, -0.2) is 31.8 Å². The van der Waals surface area contributed by atoms with Gasteiger partial charge in [0.1, 0.15) is 5.82 Å². The number of anilines is 1. The van der Waals surface area contributed by atoms with E-state index in [0.29, 0.717) is 37.2 Å². The van der Waals surface area contributed by atoms with Gasteiger partial charge in [-0.2, -0.15) is 5.26 Å². The van der Waals surface area contributed by atoms with E-state index in [1.807, 2.05) is 12.1 Å². The predicted octanol–water partition coefficient (Wildman–Crippen LogP) is 3.60. The van der Waals surface area contributed by atoms with Gasteiger partial charge in [-0.3, -0.25) is 4.79 Å². The van der Waals surface area contributed by atoms with Gasteiger partial charge in [0, 0.05) is 5.69 Å². The van der Waals surface area contributed by atoms with Crippen LogP contribution < -0.4 is 4.90 Å². The van der Waals surface area contributed by atoms with E-state index in [1.165, 1.54) is 12.1 Å². The van der Waals surface area contributed by atoms with Crippen molar-refractivity contribution in [1.82, 2.24) is 4.81 Å². The van der Waals surface area contributed by atoms with Gasteiger partial charge in [-0.15, -0.1) is 0 Å². The molecular formula is C20H16BClFN3O. The Labute approximate surface area is 163 Å². The number of benzene rings is 2. The van der Waals surface area contributed by atoms with Crippen molar-refractivity contribution in [3.63, 3.8) is 0 Å². The highest BCUT2D eigenvalue weighted by atomic mass is 35.5. The molecule has 2 aliphatic rings. The van der Waals surface area contributed by atoms with Crippen LogP contribution in [0.15, 0.2) is 42.5 Å². The molecule has 2 saturated heterocycles. The van der Waals surface area contributed by atoms with Crippen molar-refractivity contribution in [3.05, 3.63) is 64.4 Å². The minimum Gasteiger partial charge on any atom is -0.353 e. The molecule has 4 nitrogen and oxygen atoms in total. The zero-order valence-electron chi connectivity index (χ0n) is 14.5. The van der Waals surface area contributed by atoms with Crippen LogP contribution in [0.4, 0.5) is 10.1 Å². The molecule has 1 unspecified atom stereocenters. The number of hydrogen-bond acceptors (Lipinski definition) is 3. The largest absolute Gasteiger partial charge is 0.353 e. The van der Waals surface area contributed by atoms with Crippen molar-refractivity contribution >= 4 is 31.2 Å². The molecule has 2 aromatic rings. The summed E-state index contributed by atoms with van der Waals surface area (Å²) in [6, 6.07) is 13.5. The number of hydrogen-bond donors (Lipinski definition) is 0. The van der Waals surface area contributed by atoms with Gasteiger partial charge in [-0.1, -0.05) is 23.7 Å². The van der Waals surface area contributed by atoms with Crippen LogP contribution in [-0.2, 0) is 4.79 Å². The van der Waals surface area contributed by atoms with Crippen LogP contribution in [0.25, 0.3) is 0 Å². The first-order valence-electron chi connectivity index (χ1n) is 8.75. The van der Waals surface area contributed by atoms with Crippen molar-refractivity contribution < 1.29 is 9.18 Å². The lowest BCUT2D eigenvalue weighted by Gasteiger charge is -2.59. The summed E-state index contributed by atoms with van der Waals surface area (Å²) in [5.41, 5.74) is 1.54. The highest BCUT2D eigenvalue weighted by Crippen LogP contribution is 2.57. The van der Waals surface area contributed by atoms with Crippen molar-refractivity contribution in [1.29, 1.82) is 5.26 Å². The normalized spacial score (nSPS) is 21.7. The molecule has 0 aromatic heterocycles.